The van der Waals surface area contributed by atoms with Gasteiger partial charge in [-0.2, -0.15) is 5.26 Å². The maximum atomic E-state index is 12.0. The third-order valence-corrected chi connectivity index (χ3v) is 3.71. The molecule has 3 rings (SSSR count). The number of hydrogen-bond donors (Lipinski definition) is 0. The maximum absolute atomic E-state index is 12.0. The summed E-state index contributed by atoms with van der Waals surface area (Å²) in [6.45, 7) is 1.86. The highest BCUT2D eigenvalue weighted by molar-refractivity contribution is 5.81. The third-order valence-electron chi connectivity index (χ3n) is 3.71. The normalized spacial score (nSPS) is 11.4. The summed E-state index contributed by atoms with van der Waals surface area (Å²) in [4.78, 5) is 16.5. The molecule has 1 atom stereocenters. The van der Waals surface area contributed by atoms with Crippen molar-refractivity contribution in [1.29, 1.82) is 5.26 Å². The van der Waals surface area contributed by atoms with E-state index in [1.165, 1.54) is 0 Å². The zero-order valence-electron chi connectivity index (χ0n) is 14.2. The van der Waals surface area contributed by atoms with Crippen molar-refractivity contribution in [2.45, 2.75) is 12.8 Å². The second-order valence-electron chi connectivity index (χ2n) is 5.41. The molecule has 0 aliphatic rings. The second kappa shape index (κ2) is 7.99. The Labute approximate surface area is 151 Å². The van der Waals surface area contributed by atoms with Gasteiger partial charge in [0, 0.05) is 11.1 Å². The molecule has 1 aromatic heterocycles. The summed E-state index contributed by atoms with van der Waals surface area (Å²) in [5, 5.41) is 17.7. The van der Waals surface area contributed by atoms with E-state index in [1.807, 2.05) is 66.7 Å². The first-order valence-corrected chi connectivity index (χ1v) is 8.16. The van der Waals surface area contributed by atoms with Gasteiger partial charge in [-0.15, -0.1) is 10.2 Å². The van der Waals surface area contributed by atoms with Crippen LogP contribution in [0.2, 0.25) is 0 Å². The average Bonchev–Trinajstić information content (AvgIpc) is 2.70. The van der Waals surface area contributed by atoms with Gasteiger partial charge in [-0.1, -0.05) is 60.7 Å². The van der Waals surface area contributed by atoms with E-state index in [9.17, 15) is 10.1 Å². The molecule has 1 unspecified atom stereocenters. The van der Waals surface area contributed by atoms with Crippen LogP contribution in [-0.4, -0.2) is 27.8 Å². The lowest BCUT2D eigenvalue weighted by Crippen LogP contribution is -2.18. The smallest absolute Gasteiger partial charge is 0.331 e. The molecule has 1 heterocycles. The largest absolute Gasteiger partial charge is 0.465 e. The number of rotatable bonds is 5. The third kappa shape index (κ3) is 3.57. The number of nitrogens with zero attached hydrogens (tertiary/aromatic N) is 4. The Morgan fingerprint density at radius 3 is 2.12 bits per heavy atom. The Bertz CT molecular complexity index is 937. The van der Waals surface area contributed by atoms with E-state index in [0.29, 0.717) is 11.4 Å². The summed E-state index contributed by atoms with van der Waals surface area (Å²) in [6.07, 6.45) is 0. The SMILES string of the molecule is CCOC(=O)C(C#N)c1nnc(-c2ccccc2)c(-c2ccccc2)n1. The van der Waals surface area contributed by atoms with E-state index in [2.05, 4.69) is 15.2 Å². The molecule has 6 nitrogen and oxygen atoms in total. The van der Waals surface area contributed by atoms with Crippen LogP contribution in [0.3, 0.4) is 0 Å². The Balaban J connectivity index is 2.14. The topological polar surface area (TPSA) is 88.8 Å². The fraction of sp³-hybridized carbons (Fsp3) is 0.150. The van der Waals surface area contributed by atoms with Crippen molar-refractivity contribution in [3.63, 3.8) is 0 Å². The molecule has 26 heavy (non-hydrogen) atoms. The van der Waals surface area contributed by atoms with Crippen molar-refractivity contribution >= 4 is 5.97 Å². The van der Waals surface area contributed by atoms with Gasteiger partial charge in [0.1, 0.15) is 11.4 Å². The van der Waals surface area contributed by atoms with Crippen LogP contribution in [0.5, 0.6) is 0 Å². The van der Waals surface area contributed by atoms with Crippen LogP contribution in [0.1, 0.15) is 18.7 Å². The predicted octanol–water partition coefficient (Wildman–Crippen LogP) is 3.38. The molecule has 0 aliphatic heterocycles. The molecule has 0 saturated carbocycles. The Hall–Kier alpha value is -3.59. The van der Waals surface area contributed by atoms with E-state index < -0.39 is 11.9 Å². The van der Waals surface area contributed by atoms with Crippen LogP contribution in [0, 0.1) is 11.3 Å². The summed E-state index contributed by atoms with van der Waals surface area (Å²) in [5.41, 5.74) is 2.82. The molecule has 0 spiro atoms. The van der Waals surface area contributed by atoms with Crippen LogP contribution in [0.25, 0.3) is 22.5 Å². The van der Waals surface area contributed by atoms with Crippen LogP contribution in [-0.2, 0) is 9.53 Å². The van der Waals surface area contributed by atoms with Gasteiger partial charge >= 0.3 is 5.97 Å². The lowest BCUT2D eigenvalue weighted by Gasteiger charge is -2.11. The monoisotopic (exact) mass is 344 g/mol. The van der Waals surface area contributed by atoms with E-state index in [1.54, 1.807) is 6.92 Å². The van der Waals surface area contributed by atoms with Gasteiger partial charge in [-0.25, -0.2) is 4.98 Å². The lowest BCUT2D eigenvalue weighted by molar-refractivity contribution is -0.143. The molecule has 128 valence electrons. The summed E-state index contributed by atoms with van der Waals surface area (Å²) < 4.78 is 4.94. The lowest BCUT2D eigenvalue weighted by atomic mass is 10.0. The van der Waals surface area contributed by atoms with E-state index in [0.717, 1.165) is 11.1 Å². The molecule has 6 heteroatoms. The highest BCUT2D eigenvalue weighted by Gasteiger charge is 2.27. The molecule has 0 fully saturated rings. The minimum atomic E-state index is -1.21. The average molecular weight is 344 g/mol. The van der Waals surface area contributed by atoms with Gasteiger partial charge < -0.3 is 4.74 Å². The van der Waals surface area contributed by atoms with Crippen molar-refractivity contribution in [2.75, 3.05) is 6.61 Å². The van der Waals surface area contributed by atoms with Crippen molar-refractivity contribution in [3.8, 4) is 28.6 Å². The van der Waals surface area contributed by atoms with Crippen molar-refractivity contribution in [2.24, 2.45) is 0 Å². The second-order valence-corrected chi connectivity index (χ2v) is 5.41. The minimum absolute atomic E-state index is 0.0319. The van der Waals surface area contributed by atoms with Crippen LogP contribution < -0.4 is 0 Å². The quantitative estimate of drug-likeness (QED) is 0.659. The van der Waals surface area contributed by atoms with Crippen molar-refractivity contribution < 1.29 is 9.53 Å². The molecule has 0 N–H and O–H groups in total. The van der Waals surface area contributed by atoms with Crippen molar-refractivity contribution in [3.05, 3.63) is 66.5 Å². The highest BCUT2D eigenvalue weighted by atomic mass is 16.5. The molecule has 0 aliphatic carbocycles. The Morgan fingerprint density at radius 1 is 1.00 bits per heavy atom. The Kier molecular flexibility index (Phi) is 5.30. The summed E-state index contributed by atoms with van der Waals surface area (Å²) in [7, 11) is 0. The summed E-state index contributed by atoms with van der Waals surface area (Å²) in [6, 6.07) is 20.9. The molecule has 0 saturated heterocycles. The molecule has 0 amide bonds. The van der Waals surface area contributed by atoms with Gasteiger partial charge in [0.05, 0.1) is 12.7 Å². The van der Waals surface area contributed by atoms with Crippen LogP contribution >= 0.6 is 0 Å². The van der Waals surface area contributed by atoms with E-state index in [-0.39, 0.29) is 12.4 Å². The van der Waals surface area contributed by atoms with Gasteiger partial charge in [-0.05, 0) is 6.92 Å². The summed E-state index contributed by atoms with van der Waals surface area (Å²) in [5.74, 6) is -1.86. The molecule has 0 bridgehead atoms. The number of aromatic nitrogens is 3. The number of hydrogen-bond acceptors (Lipinski definition) is 6. The number of carbonyl (C=O) groups is 1. The first-order chi connectivity index (χ1) is 12.7. The van der Waals surface area contributed by atoms with Crippen LogP contribution in [0.15, 0.2) is 60.7 Å². The van der Waals surface area contributed by atoms with E-state index in [4.69, 9.17) is 4.74 Å². The number of esters is 1. The molecule has 3 aromatic rings. The van der Waals surface area contributed by atoms with Gasteiger partial charge in [0.25, 0.3) is 0 Å². The molecular formula is C20H16N4O2. The number of ether oxygens (including phenoxy) is 1. The first-order valence-electron chi connectivity index (χ1n) is 8.16. The first kappa shape index (κ1) is 17.2. The predicted molar refractivity (Wildman–Crippen MR) is 95.7 cm³/mol. The van der Waals surface area contributed by atoms with Gasteiger partial charge in [-0.3, -0.25) is 4.79 Å². The molecule has 2 aromatic carbocycles. The fourth-order valence-corrected chi connectivity index (χ4v) is 2.49. The van der Waals surface area contributed by atoms with Gasteiger partial charge in [0.2, 0.25) is 5.92 Å². The maximum Gasteiger partial charge on any atom is 0.331 e. The highest BCUT2D eigenvalue weighted by Crippen LogP contribution is 2.29. The summed E-state index contributed by atoms with van der Waals surface area (Å²) >= 11 is 0. The zero-order chi connectivity index (χ0) is 18.4. The zero-order valence-corrected chi connectivity index (χ0v) is 14.2. The standard InChI is InChI=1S/C20H16N4O2/c1-2-26-20(25)16(13-21)19-22-17(14-9-5-3-6-10-14)18(23-24-19)15-11-7-4-8-12-15/h3-12,16H,2H2,1H3. The Morgan fingerprint density at radius 2 is 1.58 bits per heavy atom. The van der Waals surface area contributed by atoms with Crippen LogP contribution in [0.4, 0.5) is 0 Å². The number of carbonyl (C=O) groups excluding carboxylic acids is 1. The minimum Gasteiger partial charge on any atom is -0.465 e. The van der Waals surface area contributed by atoms with Crippen molar-refractivity contribution in [1.82, 2.24) is 15.2 Å². The fourth-order valence-electron chi connectivity index (χ4n) is 2.49. The van der Waals surface area contributed by atoms with Gasteiger partial charge in [0.15, 0.2) is 5.82 Å². The molecular weight excluding hydrogens is 328 g/mol. The number of benzene rings is 2. The van der Waals surface area contributed by atoms with E-state index >= 15 is 0 Å². The number of nitriles is 1. The molecule has 0 radical (unpaired) electrons.